The lowest BCUT2D eigenvalue weighted by atomic mass is 9.91. The Morgan fingerprint density at radius 2 is 1.44 bits per heavy atom. The van der Waals surface area contributed by atoms with Crippen LogP contribution >= 0.6 is 0 Å². The first-order valence-corrected chi connectivity index (χ1v) is 10.0. The number of carbonyl (C=O) groups is 1. The fourth-order valence-electron chi connectivity index (χ4n) is 3.61. The third-order valence-electron chi connectivity index (χ3n) is 4.91. The first-order valence-electron chi connectivity index (χ1n) is 10.0. The van der Waals surface area contributed by atoms with Crippen LogP contribution in [0.4, 0.5) is 0 Å². The minimum absolute atomic E-state index is 0.124. The third kappa shape index (κ3) is 4.23. The maximum absolute atomic E-state index is 13.2. The van der Waals surface area contributed by atoms with Crippen LogP contribution in [0.3, 0.4) is 0 Å². The molecule has 0 aliphatic carbocycles. The normalized spacial score (nSPS) is 11.2. The van der Waals surface area contributed by atoms with Crippen LogP contribution in [0.5, 0.6) is 28.7 Å². The van der Waals surface area contributed by atoms with Gasteiger partial charge in [-0.25, -0.2) is 4.79 Å². The molecule has 0 fully saturated rings. The molecule has 7 nitrogen and oxygen atoms in total. The number of phenolic OH excluding ortho intramolecular Hbond substituents is 1. The fourth-order valence-corrected chi connectivity index (χ4v) is 3.61. The summed E-state index contributed by atoms with van der Waals surface area (Å²) in [5.74, 6) is 1.19. The number of hydrogen-bond acceptors (Lipinski definition) is 7. The molecule has 0 spiro atoms. The third-order valence-corrected chi connectivity index (χ3v) is 4.91. The Balaban J connectivity index is 2.43. The number of methoxy groups -OCH3 is 4. The van der Waals surface area contributed by atoms with Crippen molar-refractivity contribution in [3.63, 3.8) is 0 Å². The number of aromatic hydroxyl groups is 1. The molecule has 7 heteroatoms. The maximum atomic E-state index is 13.2. The van der Waals surface area contributed by atoms with E-state index in [1.165, 1.54) is 20.3 Å². The van der Waals surface area contributed by atoms with E-state index in [1.807, 2.05) is 6.07 Å². The zero-order chi connectivity index (χ0) is 23.6. The highest BCUT2D eigenvalue weighted by Crippen LogP contribution is 2.47. The van der Waals surface area contributed by atoms with E-state index >= 15 is 0 Å². The fraction of sp³-hybridized carbons (Fsp3) is 0.320. The zero-order valence-corrected chi connectivity index (χ0v) is 19.4. The van der Waals surface area contributed by atoms with Crippen molar-refractivity contribution in [2.75, 3.05) is 28.4 Å². The van der Waals surface area contributed by atoms with Crippen molar-refractivity contribution in [2.45, 2.75) is 26.4 Å². The molecule has 32 heavy (non-hydrogen) atoms. The monoisotopic (exact) mass is 440 g/mol. The highest BCUT2D eigenvalue weighted by Gasteiger charge is 2.26. The van der Waals surface area contributed by atoms with Gasteiger partial charge in [-0.3, -0.25) is 0 Å². The quantitative estimate of drug-likeness (QED) is 0.527. The van der Waals surface area contributed by atoms with E-state index in [9.17, 15) is 9.90 Å². The van der Waals surface area contributed by atoms with E-state index in [0.717, 1.165) is 0 Å². The lowest BCUT2D eigenvalue weighted by molar-refractivity contribution is 0.00702. The van der Waals surface area contributed by atoms with Gasteiger partial charge >= 0.3 is 5.97 Å². The summed E-state index contributed by atoms with van der Waals surface area (Å²) in [6.45, 7) is 5.36. The Bertz CT molecular complexity index is 1160. The largest absolute Gasteiger partial charge is 0.507 e. The number of ether oxygens (including phenoxy) is 5. The first-order chi connectivity index (χ1) is 15.1. The van der Waals surface area contributed by atoms with E-state index in [1.54, 1.807) is 59.3 Å². The minimum atomic E-state index is -0.714. The molecule has 3 aromatic carbocycles. The highest BCUT2D eigenvalue weighted by molar-refractivity contribution is 6.12. The Morgan fingerprint density at radius 1 is 0.812 bits per heavy atom. The molecule has 0 saturated carbocycles. The summed E-state index contributed by atoms with van der Waals surface area (Å²) in [5, 5.41) is 11.9. The summed E-state index contributed by atoms with van der Waals surface area (Å²) in [4.78, 5) is 13.2. The van der Waals surface area contributed by atoms with Crippen LogP contribution in [0.25, 0.3) is 21.9 Å². The average Bonchev–Trinajstić information content (AvgIpc) is 2.76. The van der Waals surface area contributed by atoms with Gasteiger partial charge in [-0.15, -0.1) is 0 Å². The lowest BCUT2D eigenvalue weighted by Gasteiger charge is -2.22. The van der Waals surface area contributed by atoms with Crippen molar-refractivity contribution in [1.29, 1.82) is 0 Å². The molecule has 0 saturated heterocycles. The van der Waals surface area contributed by atoms with Gasteiger partial charge in [0.25, 0.3) is 0 Å². The van der Waals surface area contributed by atoms with Gasteiger partial charge in [0.05, 0.1) is 39.4 Å². The van der Waals surface area contributed by atoms with Crippen molar-refractivity contribution in [3.05, 3.63) is 42.0 Å². The van der Waals surface area contributed by atoms with Crippen LogP contribution in [0, 0.1) is 0 Å². The van der Waals surface area contributed by atoms with Crippen molar-refractivity contribution in [1.82, 2.24) is 0 Å². The van der Waals surface area contributed by atoms with Gasteiger partial charge in [0.1, 0.15) is 11.4 Å². The predicted molar refractivity (Wildman–Crippen MR) is 122 cm³/mol. The van der Waals surface area contributed by atoms with Crippen molar-refractivity contribution >= 4 is 16.7 Å². The summed E-state index contributed by atoms with van der Waals surface area (Å²) in [6.07, 6.45) is 0. The van der Waals surface area contributed by atoms with Crippen LogP contribution in [0.1, 0.15) is 31.1 Å². The SMILES string of the molecule is COc1ccc(-c2c(C(=O)OC(C)(C)C)cc(O)c3c(OC)c(OC)ccc23)cc1OC. The number of carbonyl (C=O) groups excluding carboxylic acids is 1. The average molecular weight is 440 g/mol. The molecule has 0 aliphatic rings. The summed E-state index contributed by atoms with van der Waals surface area (Å²) in [5.41, 5.74) is 0.743. The smallest absolute Gasteiger partial charge is 0.339 e. The summed E-state index contributed by atoms with van der Waals surface area (Å²) >= 11 is 0. The van der Waals surface area contributed by atoms with E-state index in [2.05, 4.69) is 0 Å². The number of benzene rings is 3. The van der Waals surface area contributed by atoms with E-state index < -0.39 is 11.6 Å². The Morgan fingerprint density at radius 3 is 2.00 bits per heavy atom. The van der Waals surface area contributed by atoms with Crippen molar-refractivity contribution in [3.8, 4) is 39.9 Å². The van der Waals surface area contributed by atoms with E-state index in [-0.39, 0.29) is 11.3 Å². The summed E-state index contributed by atoms with van der Waals surface area (Å²) in [6, 6.07) is 10.2. The highest BCUT2D eigenvalue weighted by atomic mass is 16.6. The lowest BCUT2D eigenvalue weighted by Crippen LogP contribution is -2.24. The maximum Gasteiger partial charge on any atom is 0.339 e. The van der Waals surface area contributed by atoms with Crippen LogP contribution in [0.15, 0.2) is 36.4 Å². The number of hydrogen-bond donors (Lipinski definition) is 1. The molecule has 170 valence electrons. The number of rotatable bonds is 6. The predicted octanol–water partition coefficient (Wildman–Crippen LogP) is 5.20. The molecule has 0 unspecified atom stereocenters. The standard InChI is InChI=1S/C25H28O7/c1-25(2,3)32-24(27)16-13-17(26)22-15(9-11-19(29-5)23(22)31-7)21(16)14-8-10-18(28-4)20(12-14)30-6/h8-13,26H,1-7H3. The number of esters is 1. The molecular formula is C25H28O7. The van der Waals surface area contributed by atoms with E-state index in [0.29, 0.717) is 44.9 Å². The Kier molecular flexibility index (Phi) is 6.39. The van der Waals surface area contributed by atoms with Crippen LogP contribution in [-0.4, -0.2) is 45.1 Å². The molecule has 0 aromatic heterocycles. The van der Waals surface area contributed by atoms with Crippen LogP contribution < -0.4 is 18.9 Å². The Labute approximate surface area is 187 Å². The molecule has 0 radical (unpaired) electrons. The summed E-state index contributed by atoms with van der Waals surface area (Å²) < 4.78 is 27.4. The van der Waals surface area contributed by atoms with Gasteiger partial charge in [-0.05, 0) is 62.1 Å². The zero-order valence-electron chi connectivity index (χ0n) is 19.4. The first kappa shape index (κ1) is 23.1. The van der Waals surface area contributed by atoms with Gasteiger partial charge in [0.2, 0.25) is 0 Å². The van der Waals surface area contributed by atoms with E-state index in [4.69, 9.17) is 23.7 Å². The minimum Gasteiger partial charge on any atom is -0.507 e. The Hall–Kier alpha value is -3.61. The number of phenols is 1. The molecule has 0 atom stereocenters. The van der Waals surface area contributed by atoms with Gasteiger partial charge in [-0.1, -0.05) is 6.07 Å². The number of fused-ring (bicyclic) bond motifs is 1. The molecule has 0 aliphatic heterocycles. The second-order valence-electron chi connectivity index (χ2n) is 8.11. The molecule has 3 rings (SSSR count). The topological polar surface area (TPSA) is 83.5 Å². The molecular weight excluding hydrogens is 412 g/mol. The summed E-state index contributed by atoms with van der Waals surface area (Å²) in [7, 11) is 6.11. The molecule has 0 amide bonds. The van der Waals surface area contributed by atoms with Crippen LogP contribution in [0.2, 0.25) is 0 Å². The van der Waals surface area contributed by atoms with Gasteiger partial charge < -0.3 is 28.8 Å². The van der Waals surface area contributed by atoms with Gasteiger partial charge in [-0.2, -0.15) is 0 Å². The molecule has 1 N–H and O–H groups in total. The molecule has 0 bridgehead atoms. The van der Waals surface area contributed by atoms with Gasteiger partial charge in [0, 0.05) is 5.56 Å². The van der Waals surface area contributed by atoms with Crippen molar-refractivity contribution in [2.24, 2.45) is 0 Å². The second-order valence-corrected chi connectivity index (χ2v) is 8.11. The molecule has 3 aromatic rings. The van der Waals surface area contributed by atoms with Gasteiger partial charge in [0.15, 0.2) is 23.0 Å². The van der Waals surface area contributed by atoms with Crippen LogP contribution in [-0.2, 0) is 4.74 Å². The second kappa shape index (κ2) is 8.86. The molecule has 0 heterocycles. The van der Waals surface area contributed by atoms with Crippen molar-refractivity contribution < 1.29 is 33.6 Å².